The van der Waals surface area contributed by atoms with Crippen LogP contribution in [0.2, 0.25) is 0 Å². The number of imide groups is 1. The minimum atomic E-state index is -2.78. The number of rotatable bonds is 17. The summed E-state index contributed by atoms with van der Waals surface area (Å²) in [5.74, 6) is 1.23. The van der Waals surface area contributed by atoms with Crippen molar-refractivity contribution in [2.45, 2.75) is 57.7 Å². The summed E-state index contributed by atoms with van der Waals surface area (Å²) in [6.07, 6.45) is 8.26. The molecule has 5 aromatic rings. The molecule has 5 heterocycles. The topological polar surface area (TPSA) is 205 Å². The van der Waals surface area contributed by atoms with Crippen LogP contribution in [0.5, 0.6) is 11.5 Å². The number of carbonyl (C=O) groups excluding carboxylic acids is 3. The lowest BCUT2D eigenvalue weighted by Gasteiger charge is -2.35. The summed E-state index contributed by atoms with van der Waals surface area (Å²) in [5.41, 5.74) is 6.29. The summed E-state index contributed by atoms with van der Waals surface area (Å²) in [5, 5.41) is 16.9. The van der Waals surface area contributed by atoms with Crippen molar-refractivity contribution in [3.8, 4) is 11.5 Å². The summed E-state index contributed by atoms with van der Waals surface area (Å²) >= 11 is 3.58. The average molecular weight is 955 g/mol. The largest absolute Gasteiger partial charge is 0.494 e. The van der Waals surface area contributed by atoms with Crippen LogP contribution >= 0.6 is 23.1 Å². The van der Waals surface area contributed by atoms with Gasteiger partial charge in [0.2, 0.25) is 17.8 Å². The number of hydrogen-bond acceptors (Lipinski definition) is 15. The van der Waals surface area contributed by atoms with Crippen LogP contribution in [0, 0.1) is 0 Å². The van der Waals surface area contributed by atoms with Gasteiger partial charge in [0.25, 0.3) is 5.91 Å². The van der Waals surface area contributed by atoms with E-state index in [4.69, 9.17) is 14.5 Å². The highest BCUT2D eigenvalue weighted by atomic mass is 79.9. The Kier molecular flexibility index (Phi) is 13.8. The van der Waals surface area contributed by atoms with Gasteiger partial charge in [-0.15, -0.1) is 0 Å². The normalized spacial score (nSPS) is 16.8. The van der Waals surface area contributed by atoms with Gasteiger partial charge in [-0.2, -0.15) is 4.98 Å². The van der Waals surface area contributed by atoms with Crippen molar-refractivity contribution in [3.63, 3.8) is 0 Å². The highest BCUT2D eigenvalue weighted by molar-refractivity contribution is 9.10. The molecule has 3 aliphatic rings. The molecular formula is C45H53BrN11O6P. The number of carbonyl (C=O) groups is 3. The SMILES string of the molecule is CCc1cc(Nc2ncc(Br)c(Nc3ccc4nccnc4c3P(C)(C)=O)n2)c(OC)cc1N1CCC(NCCNCCOc2cccc3c2CN(C2CCC(=O)NC2=O)C3=O)CC1. The van der Waals surface area contributed by atoms with Gasteiger partial charge in [-0.3, -0.25) is 29.7 Å². The lowest BCUT2D eigenvalue weighted by molar-refractivity contribution is -0.136. The molecule has 2 fully saturated rings. The summed E-state index contributed by atoms with van der Waals surface area (Å²) in [7, 11) is -1.12. The molecule has 1 unspecified atom stereocenters. The molecule has 336 valence electrons. The highest BCUT2D eigenvalue weighted by Crippen LogP contribution is 2.42. The van der Waals surface area contributed by atoms with E-state index in [2.05, 4.69) is 81.4 Å². The standard InChI is InChI=1S/C45H53BrN11O6P/c1-5-27-23-34(53-45-51-25-31(46)42(55-45)52-33-10-9-32-40(50-18-17-49-32)41(33)64(3,4)61)38(62-2)24-36(27)56-20-13-28(14-21-56)48-16-15-47-19-22-63-37-8-6-7-29-30(37)26-57(44(29)60)35-11-12-39(58)54-43(35)59/h6-10,17-18,23-25,28,35,47-48H,5,11-16,19-22,26H2,1-4H3,(H,54,58,59)(H2,51,52,53,55). The van der Waals surface area contributed by atoms with Crippen LogP contribution in [0.25, 0.3) is 11.0 Å². The van der Waals surface area contributed by atoms with E-state index in [-0.39, 0.29) is 24.8 Å². The Morgan fingerprint density at radius 2 is 1.75 bits per heavy atom. The van der Waals surface area contributed by atoms with Gasteiger partial charge in [0.15, 0.2) is 0 Å². The minimum absolute atomic E-state index is 0.212. The molecule has 17 nitrogen and oxygen atoms in total. The second-order valence-electron chi connectivity index (χ2n) is 16.4. The fraction of sp³-hybridized carbons (Fsp3) is 0.400. The number of aryl methyl sites for hydroxylation is 1. The van der Waals surface area contributed by atoms with E-state index in [0.29, 0.717) is 80.9 Å². The van der Waals surface area contributed by atoms with Gasteiger partial charge in [-0.1, -0.05) is 13.0 Å². The number of piperidine rings is 2. The maximum Gasteiger partial charge on any atom is 0.255 e. The number of methoxy groups -OCH3 is 1. The Morgan fingerprint density at radius 1 is 0.938 bits per heavy atom. The van der Waals surface area contributed by atoms with Crippen molar-refractivity contribution in [1.82, 2.24) is 40.8 Å². The molecule has 0 radical (unpaired) electrons. The molecule has 8 rings (SSSR count). The van der Waals surface area contributed by atoms with Gasteiger partial charge >= 0.3 is 0 Å². The molecule has 0 spiro atoms. The molecule has 19 heteroatoms. The highest BCUT2D eigenvalue weighted by Gasteiger charge is 2.40. The van der Waals surface area contributed by atoms with Crippen LogP contribution < -0.4 is 46.3 Å². The lowest BCUT2D eigenvalue weighted by atomic mass is 10.0. The fourth-order valence-corrected chi connectivity index (χ4v) is 10.3. The first-order valence-electron chi connectivity index (χ1n) is 21.6. The van der Waals surface area contributed by atoms with Gasteiger partial charge in [0, 0.05) is 86.7 Å². The molecule has 0 bridgehead atoms. The van der Waals surface area contributed by atoms with Crippen molar-refractivity contribution in [3.05, 3.63) is 82.2 Å². The van der Waals surface area contributed by atoms with Crippen LogP contribution in [0.4, 0.5) is 28.8 Å². The molecule has 64 heavy (non-hydrogen) atoms. The number of benzene rings is 3. The molecule has 2 saturated heterocycles. The molecule has 3 amide bonds. The molecule has 3 aromatic carbocycles. The maximum atomic E-state index is 13.5. The van der Waals surface area contributed by atoms with Crippen LogP contribution in [0.1, 0.15) is 54.1 Å². The van der Waals surface area contributed by atoms with Gasteiger partial charge in [0.05, 0.1) is 40.3 Å². The number of anilines is 5. The van der Waals surface area contributed by atoms with Crippen LogP contribution in [-0.4, -0.2) is 114 Å². The Bertz CT molecular complexity index is 2620. The smallest absolute Gasteiger partial charge is 0.255 e. The Balaban J connectivity index is 0.814. The predicted molar refractivity (Wildman–Crippen MR) is 251 cm³/mol. The molecule has 1 atom stereocenters. The van der Waals surface area contributed by atoms with E-state index in [1.54, 1.807) is 51.2 Å². The van der Waals surface area contributed by atoms with E-state index in [1.165, 1.54) is 10.5 Å². The molecule has 0 saturated carbocycles. The third-order valence-corrected chi connectivity index (χ3v) is 13.9. The summed E-state index contributed by atoms with van der Waals surface area (Å²) in [4.78, 5) is 59.4. The van der Waals surface area contributed by atoms with Crippen LogP contribution in [0.15, 0.2) is 65.5 Å². The lowest BCUT2D eigenvalue weighted by Crippen LogP contribution is -2.52. The van der Waals surface area contributed by atoms with Crippen molar-refractivity contribution >= 4 is 86.0 Å². The Labute approximate surface area is 380 Å². The minimum Gasteiger partial charge on any atom is -0.494 e. The van der Waals surface area contributed by atoms with Crippen LogP contribution in [0.3, 0.4) is 0 Å². The number of nitrogens with zero attached hydrogens (tertiary/aromatic N) is 6. The van der Waals surface area contributed by atoms with Gasteiger partial charge in [0.1, 0.15) is 42.6 Å². The zero-order valence-electron chi connectivity index (χ0n) is 36.4. The first-order chi connectivity index (χ1) is 30.9. The van der Waals surface area contributed by atoms with Gasteiger partial charge in [-0.05, 0) is 90.8 Å². The second kappa shape index (κ2) is 19.6. The average Bonchev–Trinajstić information content (AvgIpc) is 3.62. The predicted octanol–water partition coefficient (Wildman–Crippen LogP) is 5.48. The number of aromatic nitrogens is 4. The first kappa shape index (κ1) is 44.9. The summed E-state index contributed by atoms with van der Waals surface area (Å²) < 4.78 is 26.1. The number of fused-ring (bicyclic) bond motifs is 2. The Hall–Kier alpha value is -5.68. The number of hydrogen-bond donors (Lipinski definition) is 5. The quantitative estimate of drug-likeness (QED) is 0.0445. The number of amides is 3. The zero-order chi connectivity index (χ0) is 45.0. The third-order valence-electron chi connectivity index (χ3n) is 11.8. The first-order valence-corrected chi connectivity index (χ1v) is 25.0. The van der Waals surface area contributed by atoms with Crippen molar-refractivity contribution in [2.75, 3.05) is 75.3 Å². The van der Waals surface area contributed by atoms with E-state index < -0.39 is 19.1 Å². The van der Waals surface area contributed by atoms with E-state index in [0.717, 1.165) is 62.4 Å². The molecular weight excluding hydrogens is 901 g/mol. The molecule has 3 aliphatic heterocycles. The van der Waals surface area contributed by atoms with Gasteiger partial charge < -0.3 is 45.1 Å². The monoisotopic (exact) mass is 953 g/mol. The Morgan fingerprint density at radius 3 is 2.52 bits per heavy atom. The van der Waals surface area contributed by atoms with Crippen molar-refractivity contribution < 1.29 is 28.4 Å². The van der Waals surface area contributed by atoms with E-state index in [9.17, 15) is 18.9 Å². The number of nitrogens with one attached hydrogen (secondary N) is 5. The molecule has 5 N–H and O–H groups in total. The zero-order valence-corrected chi connectivity index (χ0v) is 38.9. The third kappa shape index (κ3) is 9.84. The summed E-state index contributed by atoms with van der Waals surface area (Å²) in [6.45, 7) is 10.3. The fourth-order valence-electron chi connectivity index (χ4n) is 8.63. The van der Waals surface area contributed by atoms with Crippen LogP contribution in [-0.2, 0) is 27.1 Å². The molecule has 0 aliphatic carbocycles. The van der Waals surface area contributed by atoms with E-state index >= 15 is 0 Å². The van der Waals surface area contributed by atoms with Gasteiger partial charge in [-0.25, -0.2) is 4.98 Å². The molecule has 2 aromatic heterocycles. The number of ether oxygens (including phenoxy) is 2. The van der Waals surface area contributed by atoms with Crippen molar-refractivity contribution in [2.24, 2.45) is 0 Å². The summed E-state index contributed by atoms with van der Waals surface area (Å²) in [6, 6.07) is 13.1. The maximum absolute atomic E-state index is 13.5. The van der Waals surface area contributed by atoms with E-state index in [1.807, 2.05) is 18.2 Å². The second-order valence-corrected chi connectivity index (χ2v) is 20.4. The van der Waals surface area contributed by atoms with Crippen molar-refractivity contribution in [1.29, 1.82) is 0 Å². The number of halogens is 1.